The molecule has 0 aliphatic carbocycles. The predicted molar refractivity (Wildman–Crippen MR) is 102 cm³/mol. The van der Waals surface area contributed by atoms with E-state index in [4.69, 9.17) is 9.47 Å². The third-order valence-electron chi connectivity index (χ3n) is 3.11. The van der Waals surface area contributed by atoms with E-state index in [9.17, 15) is 4.79 Å². The van der Waals surface area contributed by atoms with Crippen LogP contribution in [0.1, 0.15) is 32.0 Å². The highest BCUT2D eigenvalue weighted by Gasteiger charge is 2.08. The van der Waals surface area contributed by atoms with Crippen molar-refractivity contribution in [2.24, 2.45) is 5.10 Å². The van der Waals surface area contributed by atoms with Gasteiger partial charge < -0.3 is 14.2 Å². The van der Waals surface area contributed by atoms with Crippen LogP contribution in [0, 0.1) is 0 Å². The second-order valence-corrected chi connectivity index (χ2v) is 6.43. The zero-order valence-corrected chi connectivity index (χ0v) is 16.1. The van der Waals surface area contributed by atoms with Crippen LogP contribution in [-0.2, 0) is 16.0 Å². The Hall–Kier alpha value is -2.61. The highest BCUT2D eigenvalue weighted by Crippen LogP contribution is 2.29. The maximum atomic E-state index is 11.2. The van der Waals surface area contributed by atoms with Crippen LogP contribution in [0.2, 0.25) is 0 Å². The Labute approximate surface area is 157 Å². The van der Waals surface area contributed by atoms with Gasteiger partial charge in [-0.15, -0.1) is 11.3 Å². The highest BCUT2D eigenvalue weighted by molar-refractivity contribution is 7.13. The lowest BCUT2D eigenvalue weighted by Crippen LogP contribution is -2.07. The lowest BCUT2D eigenvalue weighted by molar-refractivity contribution is -0.139. The van der Waals surface area contributed by atoms with E-state index in [1.807, 2.05) is 39.0 Å². The number of aromatic nitrogens is 1. The van der Waals surface area contributed by atoms with Crippen molar-refractivity contribution < 1.29 is 19.0 Å². The van der Waals surface area contributed by atoms with Crippen LogP contribution in [0.15, 0.2) is 28.7 Å². The Morgan fingerprint density at radius 1 is 1.38 bits per heavy atom. The molecule has 7 nitrogen and oxygen atoms in total. The van der Waals surface area contributed by atoms with Crippen LogP contribution < -0.4 is 14.9 Å². The van der Waals surface area contributed by atoms with Gasteiger partial charge in [0.05, 0.1) is 38.1 Å². The van der Waals surface area contributed by atoms with Crippen molar-refractivity contribution in [2.75, 3.05) is 19.1 Å². The van der Waals surface area contributed by atoms with Crippen molar-refractivity contribution in [3.8, 4) is 11.5 Å². The fourth-order valence-electron chi connectivity index (χ4n) is 2.05. The molecule has 1 heterocycles. The topological polar surface area (TPSA) is 82.0 Å². The van der Waals surface area contributed by atoms with Gasteiger partial charge in [-0.1, -0.05) is 0 Å². The Morgan fingerprint density at radius 3 is 2.88 bits per heavy atom. The smallest absolute Gasteiger partial charge is 0.311 e. The first-order valence-corrected chi connectivity index (χ1v) is 9.13. The molecule has 0 atom stereocenters. The minimum absolute atomic E-state index is 0.0690. The number of methoxy groups -OCH3 is 1. The molecular weight excluding hydrogens is 354 g/mol. The number of hydrazone groups is 1. The Bertz CT molecular complexity index is 759. The van der Waals surface area contributed by atoms with Crippen LogP contribution >= 0.6 is 11.3 Å². The number of esters is 1. The van der Waals surface area contributed by atoms with Crippen LogP contribution in [0.25, 0.3) is 0 Å². The maximum Gasteiger partial charge on any atom is 0.311 e. The van der Waals surface area contributed by atoms with E-state index in [2.05, 4.69) is 20.2 Å². The fraction of sp³-hybridized carbons (Fsp3) is 0.389. The van der Waals surface area contributed by atoms with Crippen molar-refractivity contribution in [3.63, 3.8) is 0 Å². The zero-order chi connectivity index (χ0) is 18.9. The molecule has 0 radical (unpaired) electrons. The van der Waals surface area contributed by atoms with E-state index in [-0.39, 0.29) is 18.5 Å². The second kappa shape index (κ2) is 9.76. The molecule has 1 aromatic carbocycles. The number of thiazole rings is 1. The van der Waals surface area contributed by atoms with E-state index in [0.717, 1.165) is 5.56 Å². The number of rotatable bonds is 9. The Morgan fingerprint density at radius 2 is 2.19 bits per heavy atom. The Balaban J connectivity index is 2.01. The van der Waals surface area contributed by atoms with Gasteiger partial charge in [0, 0.05) is 5.38 Å². The number of benzene rings is 1. The van der Waals surface area contributed by atoms with Crippen molar-refractivity contribution in [2.45, 2.75) is 33.3 Å². The lowest BCUT2D eigenvalue weighted by Gasteiger charge is -2.14. The molecule has 0 saturated carbocycles. The minimum atomic E-state index is -0.322. The van der Waals surface area contributed by atoms with Crippen LogP contribution in [0.3, 0.4) is 0 Å². The summed E-state index contributed by atoms with van der Waals surface area (Å²) in [6, 6.07) is 5.64. The molecule has 2 aromatic rings. The van der Waals surface area contributed by atoms with Crippen molar-refractivity contribution in [1.29, 1.82) is 0 Å². The quantitative estimate of drug-likeness (QED) is 0.409. The molecule has 8 heteroatoms. The molecule has 0 amide bonds. The average Bonchev–Trinajstić information content (AvgIpc) is 3.04. The summed E-state index contributed by atoms with van der Waals surface area (Å²) in [5, 5.41) is 6.57. The lowest BCUT2D eigenvalue weighted by atomic mass is 10.2. The first-order chi connectivity index (χ1) is 12.5. The molecule has 26 heavy (non-hydrogen) atoms. The summed E-state index contributed by atoms with van der Waals surface area (Å²) in [6.45, 7) is 6.42. The molecule has 0 spiro atoms. The number of carbonyl (C=O) groups excluding carboxylic acids is 1. The normalized spacial score (nSPS) is 11.0. The Kier molecular flexibility index (Phi) is 7.40. The van der Waals surface area contributed by atoms with Gasteiger partial charge in [-0.3, -0.25) is 10.2 Å². The number of hydrogen-bond donors (Lipinski definition) is 1. The maximum absolute atomic E-state index is 11.2. The van der Waals surface area contributed by atoms with Gasteiger partial charge in [0.1, 0.15) is 0 Å². The van der Waals surface area contributed by atoms with Gasteiger partial charge in [0.15, 0.2) is 11.5 Å². The number of hydrogen-bond acceptors (Lipinski definition) is 8. The minimum Gasteiger partial charge on any atom is -0.490 e. The molecule has 0 bridgehead atoms. The first-order valence-electron chi connectivity index (χ1n) is 8.25. The number of anilines is 1. The highest BCUT2D eigenvalue weighted by atomic mass is 32.1. The van der Waals surface area contributed by atoms with Gasteiger partial charge in [0.2, 0.25) is 5.13 Å². The number of ether oxygens (including phenoxy) is 3. The van der Waals surface area contributed by atoms with Crippen LogP contribution in [0.5, 0.6) is 11.5 Å². The standard InChI is InChI=1S/C18H23N3O4S/c1-5-24-16-8-13(6-7-15(16)25-12(2)3)10-19-21-18-20-14(11-26-18)9-17(22)23-4/h6-8,10-12H,5,9H2,1-4H3,(H,20,21)/b19-10-. The van der Waals surface area contributed by atoms with Crippen LogP contribution in [-0.4, -0.2) is 37.0 Å². The van der Waals surface area contributed by atoms with Gasteiger partial charge in [0.25, 0.3) is 0 Å². The summed E-state index contributed by atoms with van der Waals surface area (Å²) in [6.07, 6.45) is 1.88. The molecule has 0 aliphatic rings. The number of nitrogens with one attached hydrogen (secondary N) is 1. The second-order valence-electron chi connectivity index (χ2n) is 5.57. The molecule has 0 fully saturated rings. The first kappa shape index (κ1) is 19.7. The predicted octanol–water partition coefficient (Wildman–Crippen LogP) is 3.49. The zero-order valence-electron chi connectivity index (χ0n) is 15.3. The SMILES string of the molecule is CCOc1cc(/C=N\Nc2nc(CC(=O)OC)cs2)ccc1OC(C)C. The van der Waals surface area contributed by atoms with Gasteiger partial charge in [-0.2, -0.15) is 5.10 Å². The molecule has 0 saturated heterocycles. The molecule has 1 aromatic heterocycles. The third-order valence-corrected chi connectivity index (χ3v) is 3.90. The molecule has 0 aliphatic heterocycles. The van der Waals surface area contributed by atoms with Crippen molar-refractivity contribution >= 4 is 28.7 Å². The summed E-state index contributed by atoms with van der Waals surface area (Å²) in [5.74, 6) is 1.07. The number of carbonyl (C=O) groups is 1. The molecule has 1 N–H and O–H groups in total. The summed E-state index contributed by atoms with van der Waals surface area (Å²) < 4.78 is 16.0. The average molecular weight is 377 g/mol. The molecule has 2 rings (SSSR count). The van der Waals surface area contributed by atoms with E-state index in [1.165, 1.54) is 18.4 Å². The summed E-state index contributed by atoms with van der Waals surface area (Å²) in [5.41, 5.74) is 4.37. The molecule has 140 valence electrons. The fourth-order valence-corrected chi connectivity index (χ4v) is 2.71. The summed E-state index contributed by atoms with van der Waals surface area (Å²) >= 11 is 1.37. The number of nitrogens with zero attached hydrogens (tertiary/aromatic N) is 2. The van der Waals surface area contributed by atoms with Crippen LogP contribution in [0.4, 0.5) is 5.13 Å². The van der Waals surface area contributed by atoms with Gasteiger partial charge >= 0.3 is 5.97 Å². The van der Waals surface area contributed by atoms with E-state index >= 15 is 0 Å². The van der Waals surface area contributed by atoms with E-state index < -0.39 is 0 Å². The van der Waals surface area contributed by atoms with Gasteiger partial charge in [-0.25, -0.2) is 4.98 Å². The molecule has 0 unspecified atom stereocenters. The van der Waals surface area contributed by atoms with Crippen molar-refractivity contribution in [3.05, 3.63) is 34.8 Å². The van der Waals surface area contributed by atoms with Gasteiger partial charge in [-0.05, 0) is 44.5 Å². The van der Waals surface area contributed by atoms with E-state index in [1.54, 1.807) is 11.6 Å². The third kappa shape index (κ3) is 6.03. The largest absolute Gasteiger partial charge is 0.490 e. The molecular formula is C18H23N3O4S. The van der Waals surface area contributed by atoms with E-state index in [0.29, 0.717) is 28.9 Å². The monoisotopic (exact) mass is 377 g/mol. The summed E-state index contributed by atoms with van der Waals surface area (Å²) in [7, 11) is 1.35. The van der Waals surface area contributed by atoms with Crippen molar-refractivity contribution in [1.82, 2.24) is 4.98 Å². The summed E-state index contributed by atoms with van der Waals surface area (Å²) in [4.78, 5) is 15.5.